The van der Waals surface area contributed by atoms with E-state index in [0.717, 1.165) is 27.0 Å². The highest BCUT2D eigenvalue weighted by Gasteiger charge is 2.39. The number of aromatic nitrogens is 4. The van der Waals surface area contributed by atoms with Gasteiger partial charge < -0.3 is 0 Å². The third-order valence-corrected chi connectivity index (χ3v) is 6.54. The van der Waals surface area contributed by atoms with Crippen LogP contribution in [0.25, 0.3) is 16.5 Å². The smallest absolute Gasteiger partial charge is 0.187 e. The fraction of sp³-hybridized carbons (Fsp3) is 0.190. The summed E-state index contributed by atoms with van der Waals surface area (Å²) in [7, 11) is 0. The summed E-state index contributed by atoms with van der Waals surface area (Å²) in [6.45, 7) is 0. The monoisotopic (exact) mass is 392 g/mol. The number of fused-ring (bicyclic) bond motifs is 1. The van der Waals surface area contributed by atoms with Gasteiger partial charge in [0.1, 0.15) is 0 Å². The number of halogens is 1. The van der Waals surface area contributed by atoms with Crippen LogP contribution in [0, 0.1) is 5.92 Å². The molecule has 2 atom stereocenters. The van der Waals surface area contributed by atoms with Crippen molar-refractivity contribution < 1.29 is 0 Å². The Morgan fingerprint density at radius 3 is 2.74 bits per heavy atom. The van der Waals surface area contributed by atoms with Crippen molar-refractivity contribution in [3.05, 3.63) is 77.3 Å². The highest BCUT2D eigenvalue weighted by Crippen LogP contribution is 2.51. The first-order chi connectivity index (χ1) is 13.3. The van der Waals surface area contributed by atoms with Crippen LogP contribution in [0.1, 0.15) is 17.9 Å². The molecule has 0 bridgehead atoms. The summed E-state index contributed by atoms with van der Waals surface area (Å²) in [4.78, 5) is 0. The van der Waals surface area contributed by atoms with Crippen molar-refractivity contribution in [3.63, 3.8) is 0 Å². The molecule has 1 aliphatic rings. The Hall–Kier alpha value is -2.37. The van der Waals surface area contributed by atoms with Crippen LogP contribution in [0.2, 0.25) is 5.02 Å². The molecule has 0 aliphatic heterocycles. The average molecular weight is 393 g/mol. The van der Waals surface area contributed by atoms with E-state index < -0.39 is 0 Å². The minimum absolute atomic E-state index is 0.549. The number of thioether (sulfide) groups is 1. The van der Waals surface area contributed by atoms with Gasteiger partial charge in [0, 0.05) is 16.2 Å². The zero-order valence-corrected chi connectivity index (χ0v) is 16.1. The van der Waals surface area contributed by atoms with Crippen molar-refractivity contribution in [1.82, 2.24) is 20.2 Å². The van der Waals surface area contributed by atoms with Crippen LogP contribution in [0.15, 0.2) is 71.9 Å². The van der Waals surface area contributed by atoms with Crippen molar-refractivity contribution in [2.75, 3.05) is 5.75 Å². The van der Waals surface area contributed by atoms with Gasteiger partial charge in [0.15, 0.2) is 0 Å². The molecule has 0 spiro atoms. The average Bonchev–Trinajstić information content (AvgIpc) is 3.32. The van der Waals surface area contributed by atoms with Gasteiger partial charge in [-0.2, -0.15) is 4.68 Å². The van der Waals surface area contributed by atoms with E-state index in [2.05, 4.69) is 51.9 Å². The largest absolute Gasteiger partial charge is 0.214 e. The standard InChI is InChI=1S/C21H17ClN4S/c22-19-10-4-3-9-17(19)18-12-15(18)13-27-21-23-24-25-26(21)20-11-5-7-14-6-1-2-8-16(14)20/h1-11,15,18H,12-13H2. The first kappa shape index (κ1) is 16.8. The summed E-state index contributed by atoms with van der Waals surface area (Å²) in [5.41, 5.74) is 2.28. The summed E-state index contributed by atoms with van der Waals surface area (Å²) >= 11 is 8.06. The van der Waals surface area contributed by atoms with E-state index in [9.17, 15) is 0 Å². The predicted octanol–water partition coefficient (Wildman–Crippen LogP) is 5.36. The molecule has 1 aliphatic carbocycles. The number of benzene rings is 3. The quantitative estimate of drug-likeness (QED) is 0.428. The molecule has 1 fully saturated rings. The van der Waals surface area contributed by atoms with Crippen LogP contribution in [0.4, 0.5) is 0 Å². The molecular formula is C21H17ClN4S. The van der Waals surface area contributed by atoms with E-state index in [4.69, 9.17) is 11.6 Å². The van der Waals surface area contributed by atoms with Gasteiger partial charge in [-0.3, -0.25) is 0 Å². The second kappa shape index (κ2) is 6.98. The summed E-state index contributed by atoms with van der Waals surface area (Å²) < 4.78 is 1.85. The Labute approximate surface area is 166 Å². The van der Waals surface area contributed by atoms with E-state index in [1.54, 1.807) is 11.8 Å². The summed E-state index contributed by atoms with van der Waals surface area (Å²) in [6.07, 6.45) is 1.17. The van der Waals surface area contributed by atoms with Crippen molar-refractivity contribution in [2.45, 2.75) is 17.5 Å². The molecule has 134 valence electrons. The van der Waals surface area contributed by atoms with Crippen molar-refractivity contribution in [2.24, 2.45) is 5.92 Å². The van der Waals surface area contributed by atoms with Crippen molar-refractivity contribution in [1.29, 1.82) is 0 Å². The number of hydrogen-bond donors (Lipinski definition) is 0. The Morgan fingerprint density at radius 1 is 1.00 bits per heavy atom. The van der Waals surface area contributed by atoms with Gasteiger partial charge in [0.2, 0.25) is 5.16 Å². The second-order valence-electron chi connectivity index (χ2n) is 6.81. The van der Waals surface area contributed by atoms with Gasteiger partial charge in [0.25, 0.3) is 0 Å². The highest BCUT2D eigenvalue weighted by atomic mass is 35.5. The molecule has 5 rings (SSSR count). The molecule has 4 aromatic rings. The van der Waals surface area contributed by atoms with E-state index in [0.29, 0.717) is 11.8 Å². The normalized spacial score (nSPS) is 18.7. The number of tetrazole rings is 1. The minimum atomic E-state index is 0.549. The van der Waals surface area contributed by atoms with Gasteiger partial charge in [-0.15, -0.1) is 5.10 Å². The number of hydrogen-bond acceptors (Lipinski definition) is 4. The van der Waals surface area contributed by atoms with E-state index in [1.165, 1.54) is 17.4 Å². The van der Waals surface area contributed by atoms with Gasteiger partial charge >= 0.3 is 0 Å². The lowest BCUT2D eigenvalue weighted by molar-refractivity contribution is 0.760. The topological polar surface area (TPSA) is 43.6 Å². The zero-order chi connectivity index (χ0) is 18.2. The molecule has 4 nitrogen and oxygen atoms in total. The Bertz CT molecular complexity index is 1100. The van der Waals surface area contributed by atoms with Crippen LogP contribution < -0.4 is 0 Å². The molecule has 0 N–H and O–H groups in total. The Balaban J connectivity index is 1.35. The third kappa shape index (κ3) is 3.22. The summed E-state index contributed by atoms with van der Waals surface area (Å²) in [5, 5.41) is 16.4. The van der Waals surface area contributed by atoms with E-state index in [-0.39, 0.29) is 0 Å². The van der Waals surface area contributed by atoms with Crippen LogP contribution in [-0.2, 0) is 0 Å². The highest BCUT2D eigenvalue weighted by molar-refractivity contribution is 7.99. The molecule has 1 aromatic heterocycles. The molecular weight excluding hydrogens is 376 g/mol. The summed E-state index contributed by atoms with van der Waals surface area (Å²) in [5.74, 6) is 2.15. The molecule has 0 radical (unpaired) electrons. The Kier molecular flexibility index (Phi) is 4.34. The maximum atomic E-state index is 6.34. The summed E-state index contributed by atoms with van der Waals surface area (Å²) in [6, 6.07) is 22.7. The van der Waals surface area contributed by atoms with Crippen LogP contribution >= 0.6 is 23.4 Å². The second-order valence-corrected chi connectivity index (χ2v) is 8.20. The van der Waals surface area contributed by atoms with Gasteiger partial charge in [-0.1, -0.05) is 78.0 Å². The number of nitrogens with zero attached hydrogens (tertiary/aromatic N) is 4. The zero-order valence-electron chi connectivity index (χ0n) is 14.5. The SMILES string of the molecule is Clc1ccccc1C1CC1CSc1nnnn1-c1cccc2ccccc12. The van der Waals surface area contributed by atoms with Gasteiger partial charge in [-0.05, 0) is 51.8 Å². The van der Waals surface area contributed by atoms with Gasteiger partial charge in [-0.25, -0.2) is 0 Å². The van der Waals surface area contributed by atoms with Crippen molar-refractivity contribution in [3.8, 4) is 5.69 Å². The molecule has 0 saturated heterocycles. The molecule has 1 saturated carbocycles. The first-order valence-corrected chi connectivity index (χ1v) is 10.3. The maximum absolute atomic E-state index is 6.34. The van der Waals surface area contributed by atoms with E-state index >= 15 is 0 Å². The van der Waals surface area contributed by atoms with Crippen LogP contribution in [0.3, 0.4) is 0 Å². The Morgan fingerprint density at radius 2 is 1.81 bits per heavy atom. The molecule has 0 amide bonds. The lowest BCUT2D eigenvalue weighted by Crippen LogP contribution is -2.01. The van der Waals surface area contributed by atoms with Gasteiger partial charge in [0.05, 0.1) is 5.69 Å². The molecule has 2 unspecified atom stereocenters. The lowest BCUT2D eigenvalue weighted by Gasteiger charge is -2.08. The minimum Gasteiger partial charge on any atom is -0.187 e. The molecule has 27 heavy (non-hydrogen) atoms. The van der Waals surface area contributed by atoms with Crippen molar-refractivity contribution >= 4 is 34.1 Å². The van der Waals surface area contributed by atoms with Crippen LogP contribution in [-0.4, -0.2) is 26.0 Å². The third-order valence-electron chi connectivity index (χ3n) is 5.09. The molecule has 3 aromatic carbocycles. The fourth-order valence-electron chi connectivity index (χ4n) is 3.58. The van der Waals surface area contributed by atoms with E-state index in [1.807, 2.05) is 35.0 Å². The molecule has 6 heteroatoms. The van der Waals surface area contributed by atoms with Crippen LogP contribution in [0.5, 0.6) is 0 Å². The first-order valence-electron chi connectivity index (χ1n) is 8.95. The fourth-order valence-corrected chi connectivity index (χ4v) is 4.94. The molecule has 1 heterocycles. The maximum Gasteiger partial charge on any atom is 0.214 e. The lowest BCUT2D eigenvalue weighted by atomic mass is 10.1. The predicted molar refractivity (Wildman–Crippen MR) is 110 cm³/mol. The number of rotatable bonds is 5.